The summed E-state index contributed by atoms with van der Waals surface area (Å²) in [5, 5.41) is 31.5. The number of aliphatic hydroxyl groups excluding tert-OH is 1. The lowest BCUT2D eigenvalue weighted by Crippen LogP contribution is -2.18. The van der Waals surface area contributed by atoms with Crippen LogP contribution in [-0.2, 0) is 13.6 Å². The highest BCUT2D eigenvalue weighted by atomic mass is 32.2. The predicted molar refractivity (Wildman–Crippen MR) is 114 cm³/mol. The normalized spacial score (nSPS) is 12.8. The van der Waals surface area contributed by atoms with Gasteiger partial charge in [-0.2, -0.15) is 5.11 Å². The van der Waals surface area contributed by atoms with Crippen LogP contribution in [-0.4, -0.2) is 36.2 Å². The first-order valence-electron chi connectivity index (χ1n) is 9.18. The molecule has 0 aliphatic rings. The molecule has 0 saturated heterocycles. The van der Waals surface area contributed by atoms with Crippen LogP contribution in [0.4, 0.5) is 11.4 Å². The quantitative estimate of drug-likeness (QED) is 0.345. The van der Waals surface area contributed by atoms with Gasteiger partial charge in [0.25, 0.3) is 0 Å². The lowest BCUT2D eigenvalue weighted by molar-refractivity contribution is 0.175. The molecule has 1 atom stereocenters. The Morgan fingerprint density at radius 1 is 1.07 bits per heavy atom. The van der Waals surface area contributed by atoms with E-state index in [0.717, 1.165) is 16.1 Å². The lowest BCUT2D eigenvalue weighted by Gasteiger charge is -2.13. The molecular formula is C21H21N5O2S. The summed E-state index contributed by atoms with van der Waals surface area (Å²) in [4.78, 5) is 4.25. The number of hydrogen-bond acceptors (Lipinski definition) is 6. The Balaban J connectivity index is 1.58. The van der Waals surface area contributed by atoms with E-state index in [4.69, 9.17) is 0 Å². The zero-order chi connectivity index (χ0) is 20.2. The number of aliphatic hydroxyl groups is 1. The van der Waals surface area contributed by atoms with Gasteiger partial charge in [0, 0.05) is 30.6 Å². The Morgan fingerprint density at radius 3 is 2.59 bits per heavy atom. The summed E-state index contributed by atoms with van der Waals surface area (Å²) < 4.78 is 3.58. The summed E-state index contributed by atoms with van der Waals surface area (Å²) in [5.74, 6) is 0.449. The highest BCUT2D eigenvalue weighted by Crippen LogP contribution is 2.39. The maximum atomic E-state index is 10.8. The molecule has 0 amide bonds. The number of benzene rings is 2. The summed E-state index contributed by atoms with van der Waals surface area (Å²) >= 11 is 1.47. The van der Waals surface area contributed by atoms with Crippen LogP contribution in [0, 0.1) is 0 Å². The summed E-state index contributed by atoms with van der Waals surface area (Å²) in [6, 6.07) is 16.9. The standard InChI is InChI=1S/C21H21N5O2S/c1-25-12-11-22-21(25)29-14-16(27)13-26-18-10-6-5-9-17(18)19(20(26)28)24-23-15-7-3-2-4-8-15/h2-12,16,27-28H,13-14H2,1H3. The average molecular weight is 407 g/mol. The number of hydrogen-bond donors (Lipinski definition) is 2. The van der Waals surface area contributed by atoms with Gasteiger partial charge in [0.05, 0.1) is 23.9 Å². The number of aromatic hydroxyl groups is 1. The zero-order valence-electron chi connectivity index (χ0n) is 15.9. The third-order valence-electron chi connectivity index (χ3n) is 4.51. The number of para-hydroxylation sites is 1. The molecule has 7 nitrogen and oxygen atoms in total. The third-order valence-corrected chi connectivity index (χ3v) is 5.72. The first-order valence-corrected chi connectivity index (χ1v) is 10.2. The second-order valence-electron chi connectivity index (χ2n) is 6.62. The van der Waals surface area contributed by atoms with E-state index in [9.17, 15) is 10.2 Å². The van der Waals surface area contributed by atoms with Gasteiger partial charge in [-0.25, -0.2) is 4.98 Å². The molecule has 2 heterocycles. The average Bonchev–Trinajstić information content (AvgIpc) is 3.27. The van der Waals surface area contributed by atoms with Gasteiger partial charge >= 0.3 is 0 Å². The molecule has 148 valence electrons. The predicted octanol–water partition coefficient (Wildman–Crippen LogP) is 4.65. The fourth-order valence-corrected chi connectivity index (χ4v) is 3.93. The molecule has 0 saturated carbocycles. The topological polar surface area (TPSA) is 87.9 Å². The van der Waals surface area contributed by atoms with Gasteiger partial charge in [-0.3, -0.25) is 0 Å². The third kappa shape index (κ3) is 4.18. The number of aromatic nitrogens is 3. The Hall–Kier alpha value is -3.10. The minimum absolute atomic E-state index is 0.00748. The second kappa shape index (κ2) is 8.50. The van der Waals surface area contributed by atoms with Crippen LogP contribution in [0.25, 0.3) is 10.9 Å². The molecule has 1 unspecified atom stereocenters. The second-order valence-corrected chi connectivity index (χ2v) is 7.61. The molecule has 0 bridgehead atoms. The van der Waals surface area contributed by atoms with Crippen LogP contribution < -0.4 is 0 Å². The van der Waals surface area contributed by atoms with E-state index in [0.29, 0.717) is 17.1 Å². The van der Waals surface area contributed by atoms with E-state index in [1.165, 1.54) is 11.8 Å². The van der Waals surface area contributed by atoms with Crippen molar-refractivity contribution in [3.8, 4) is 5.88 Å². The van der Waals surface area contributed by atoms with Crippen molar-refractivity contribution in [2.45, 2.75) is 17.8 Å². The molecule has 29 heavy (non-hydrogen) atoms. The van der Waals surface area contributed by atoms with Crippen molar-refractivity contribution < 1.29 is 10.2 Å². The van der Waals surface area contributed by atoms with E-state index >= 15 is 0 Å². The van der Waals surface area contributed by atoms with Crippen molar-refractivity contribution in [1.29, 1.82) is 0 Å². The summed E-state index contributed by atoms with van der Waals surface area (Å²) in [6.45, 7) is 0.241. The van der Waals surface area contributed by atoms with Crippen LogP contribution in [0.2, 0.25) is 0 Å². The Bertz CT molecular complexity index is 1140. The Kier molecular flexibility index (Phi) is 5.64. The molecule has 0 fully saturated rings. The highest BCUT2D eigenvalue weighted by molar-refractivity contribution is 7.99. The van der Waals surface area contributed by atoms with Gasteiger partial charge in [0.1, 0.15) is 0 Å². The Morgan fingerprint density at radius 2 is 1.83 bits per heavy atom. The van der Waals surface area contributed by atoms with Gasteiger partial charge in [-0.05, 0) is 18.2 Å². The molecule has 0 aliphatic carbocycles. The monoisotopic (exact) mass is 407 g/mol. The molecular weight excluding hydrogens is 386 g/mol. The molecule has 0 radical (unpaired) electrons. The van der Waals surface area contributed by atoms with Crippen molar-refractivity contribution in [2.75, 3.05) is 5.75 Å². The van der Waals surface area contributed by atoms with Gasteiger partial charge in [0.2, 0.25) is 5.88 Å². The van der Waals surface area contributed by atoms with Gasteiger partial charge in [0.15, 0.2) is 10.8 Å². The number of azo groups is 1. The number of imidazole rings is 1. The Labute approximate surface area is 172 Å². The smallest absolute Gasteiger partial charge is 0.220 e. The molecule has 0 aliphatic heterocycles. The SMILES string of the molecule is Cn1ccnc1SCC(O)Cn1c(O)c(N=Nc2ccccc2)c2ccccc21. The first-order chi connectivity index (χ1) is 14.1. The van der Waals surface area contributed by atoms with E-state index in [1.807, 2.05) is 72.4 Å². The molecule has 2 aromatic carbocycles. The number of aryl methyl sites for hydroxylation is 1. The maximum Gasteiger partial charge on any atom is 0.220 e. The van der Waals surface area contributed by atoms with Crippen molar-refractivity contribution in [3.05, 3.63) is 67.0 Å². The van der Waals surface area contributed by atoms with Crippen LogP contribution in [0.3, 0.4) is 0 Å². The van der Waals surface area contributed by atoms with E-state index in [-0.39, 0.29) is 12.4 Å². The first kappa shape index (κ1) is 19.2. The molecule has 2 aromatic heterocycles. The number of fused-ring (bicyclic) bond motifs is 1. The minimum atomic E-state index is -0.669. The molecule has 2 N–H and O–H groups in total. The van der Waals surface area contributed by atoms with Gasteiger partial charge < -0.3 is 19.3 Å². The summed E-state index contributed by atoms with van der Waals surface area (Å²) in [7, 11) is 1.91. The van der Waals surface area contributed by atoms with Crippen LogP contribution in [0.1, 0.15) is 0 Å². The van der Waals surface area contributed by atoms with E-state index in [1.54, 1.807) is 10.8 Å². The zero-order valence-corrected chi connectivity index (χ0v) is 16.7. The van der Waals surface area contributed by atoms with E-state index < -0.39 is 6.10 Å². The fourth-order valence-electron chi connectivity index (χ4n) is 3.08. The largest absolute Gasteiger partial charge is 0.493 e. The highest BCUT2D eigenvalue weighted by Gasteiger charge is 2.19. The van der Waals surface area contributed by atoms with Crippen LogP contribution in [0.5, 0.6) is 5.88 Å². The molecule has 0 spiro atoms. The van der Waals surface area contributed by atoms with E-state index in [2.05, 4.69) is 15.2 Å². The van der Waals surface area contributed by atoms with Gasteiger partial charge in [-0.1, -0.05) is 48.2 Å². The lowest BCUT2D eigenvalue weighted by atomic mass is 10.2. The summed E-state index contributed by atoms with van der Waals surface area (Å²) in [5.41, 5.74) is 1.90. The van der Waals surface area contributed by atoms with Crippen molar-refractivity contribution >= 4 is 34.0 Å². The number of nitrogens with zero attached hydrogens (tertiary/aromatic N) is 5. The molecule has 8 heteroatoms. The van der Waals surface area contributed by atoms with Crippen LogP contribution in [0.15, 0.2) is 82.4 Å². The molecule has 4 rings (SSSR count). The van der Waals surface area contributed by atoms with Crippen molar-refractivity contribution in [2.24, 2.45) is 17.3 Å². The molecule has 4 aromatic rings. The maximum absolute atomic E-state index is 10.8. The number of thioether (sulfide) groups is 1. The minimum Gasteiger partial charge on any atom is -0.493 e. The van der Waals surface area contributed by atoms with Crippen LogP contribution >= 0.6 is 11.8 Å². The number of rotatable bonds is 7. The van der Waals surface area contributed by atoms with Crippen molar-refractivity contribution in [1.82, 2.24) is 14.1 Å². The van der Waals surface area contributed by atoms with Crippen molar-refractivity contribution in [3.63, 3.8) is 0 Å². The fraction of sp³-hybridized carbons (Fsp3) is 0.190. The van der Waals surface area contributed by atoms with Gasteiger partial charge in [-0.15, -0.1) is 5.11 Å². The summed E-state index contributed by atoms with van der Waals surface area (Å²) in [6.07, 6.45) is 2.92.